The topological polar surface area (TPSA) is 60.2 Å². The highest BCUT2D eigenvalue weighted by Gasteiger charge is 2.37. The van der Waals surface area contributed by atoms with Gasteiger partial charge in [0.2, 0.25) is 0 Å². The van der Waals surface area contributed by atoms with Gasteiger partial charge in [-0.25, -0.2) is 0 Å². The Hall–Kier alpha value is -2.92. The smallest absolute Gasteiger partial charge is 0.392 e. The van der Waals surface area contributed by atoms with E-state index in [2.05, 4.69) is 10.2 Å². The van der Waals surface area contributed by atoms with Crippen LogP contribution in [-0.2, 0) is 43.0 Å². The zero-order valence-corrected chi connectivity index (χ0v) is 17.9. The molecule has 0 aliphatic carbocycles. The summed E-state index contributed by atoms with van der Waals surface area (Å²) in [7, 11) is 1.46. The molecule has 178 valence electrons. The van der Waals surface area contributed by atoms with Gasteiger partial charge >= 0.3 is 12.4 Å². The van der Waals surface area contributed by atoms with Crippen LogP contribution in [0.4, 0.5) is 26.3 Å². The van der Waals surface area contributed by atoms with E-state index in [0.29, 0.717) is 0 Å². The first kappa shape index (κ1) is 24.7. The monoisotopic (exact) mass is 473 g/mol. The molecule has 0 bridgehead atoms. The quantitative estimate of drug-likeness (QED) is 0.483. The molecule has 3 rings (SSSR count). The first-order valence-corrected chi connectivity index (χ1v) is 9.76. The zero-order valence-electron chi connectivity index (χ0n) is 17.9. The van der Waals surface area contributed by atoms with Crippen molar-refractivity contribution in [3.63, 3.8) is 0 Å². The molecular formula is C22H21F6N3O2. The highest BCUT2D eigenvalue weighted by molar-refractivity contribution is 5.61. The molecule has 1 heterocycles. The molecule has 2 aromatic carbocycles. The Bertz CT molecular complexity index is 1140. The number of ether oxygens (including phenoxy) is 1. The van der Waals surface area contributed by atoms with Gasteiger partial charge in [0, 0.05) is 12.6 Å². The van der Waals surface area contributed by atoms with Crippen molar-refractivity contribution >= 4 is 0 Å². The van der Waals surface area contributed by atoms with Crippen molar-refractivity contribution in [1.29, 1.82) is 0 Å². The van der Waals surface area contributed by atoms with Gasteiger partial charge in [0.05, 0.1) is 24.3 Å². The van der Waals surface area contributed by atoms with Gasteiger partial charge in [-0.2, -0.15) is 26.3 Å². The maximum atomic E-state index is 13.4. The lowest BCUT2D eigenvalue weighted by molar-refractivity contribution is -0.140. The summed E-state index contributed by atoms with van der Waals surface area (Å²) in [6.45, 7) is 2.07. The number of nitrogens with zero attached hydrogens (tertiary/aromatic N) is 3. The average molecular weight is 473 g/mol. The van der Waals surface area contributed by atoms with E-state index in [1.807, 2.05) is 0 Å². The number of hydrogen-bond donors (Lipinski definition) is 1. The summed E-state index contributed by atoms with van der Waals surface area (Å²) in [5.41, 5.74) is -3.34. The minimum absolute atomic E-state index is 0.0575. The Labute approximate surface area is 185 Å². The van der Waals surface area contributed by atoms with E-state index in [9.17, 15) is 26.3 Å². The zero-order chi connectivity index (χ0) is 24.6. The predicted octanol–water partition coefficient (Wildman–Crippen LogP) is 5.46. The van der Waals surface area contributed by atoms with Gasteiger partial charge in [-0.3, -0.25) is 0 Å². The summed E-state index contributed by atoms with van der Waals surface area (Å²) in [5.74, 6) is 0.0768. The van der Waals surface area contributed by atoms with E-state index in [1.54, 1.807) is 0 Å². The Kier molecular flexibility index (Phi) is 6.58. The van der Waals surface area contributed by atoms with Crippen LogP contribution < -0.4 is 0 Å². The van der Waals surface area contributed by atoms with E-state index < -0.39 is 42.3 Å². The molecule has 33 heavy (non-hydrogen) atoms. The number of aliphatic hydroxyl groups is 1. The van der Waals surface area contributed by atoms with Gasteiger partial charge in [0.15, 0.2) is 11.6 Å². The minimum Gasteiger partial charge on any atom is -0.392 e. The van der Waals surface area contributed by atoms with Crippen LogP contribution in [0.2, 0.25) is 0 Å². The second-order valence-corrected chi connectivity index (χ2v) is 7.90. The van der Waals surface area contributed by atoms with E-state index in [0.717, 1.165) is 12.1 Å². The molecule has 0 spiro atoms. The molecule has 0 aliphatic rings. The molecule has 0 atom stereocenters. The van der Waals surface area contributed by atoms with Crippen LogP contribution in [0.15, 0.2) is 42.5 Å². The maximum Gasteiger partial charge on any atom is 0.417 e. The number of benzene rings is 2. The van der Waals surface area contributed by atoms with Crippen LogP contribution in [0.5, 0.6) is 0 Å². The van der Waals surface area contributed by atoms with Crippen molar-refractivity contribution in [2.75, 3.05) is 0 Å². The first-order chi connectivity index (χ1) is 15.3. The standard InChI is InChI=1S/C22H21F6N3O2/c1-20(2,33-12-14-9-8-13(11-32)10-17(14)22(26,27)28)19-30-29-18(31(19)3)15-6-4-5-7-16(15)21(23,24)25/h4-10,32H,11-12H2,1-3H3. The van der Waals surface area contributed by atoms with Crippen LogP contribution in [0.1, 0.15) is 41.9 Å². The van der Waals surface area contributed by atoms with Crippen LogP contribution in [-0.4, -0.2) is 19.9 Å². The number of hydrogen-bond acceptors (Lipinski definition) is 4. The molecule has 1 N–H and O–H groups in total. The number of aliphatic hydroxyl groups excluding tert-OH is 1. The summed E-state index contributed by atoms with van der Waals surface area (Å²) >= 11 is 0. The number of halogens is 6. The summed E-state index contributed by atoms with van der Waals surface area (Å²) in [4.78, 5) is 0. The van der Waals surface area contributed by atoms with Crippen molar-refractivity contribution in [2.24, 2.45) is 7.05 Å². The first-order valence-electron chi connectivity index (χ1n) is 9.76. The Morgan fingerprint density at radius 1 is 0.909 bits per heavy atom. The lowest BCUT2D eigenvalue weighted by atomic mass is 10.0. The van der Waals surface area contributed by atoms with Gasteiger partial charge < -0.3 is 14.4 Å². The third-order valence-corrected chi connectivity index (χ3v) is 5.14. The summed E-state index contributed by atoms with van der Waals surface area (Å²) < 4.78 is 87.6. The average Bonchev–Trinajstić information content (AvgIpc) is 3.13. The Morgan fingerprint density at radius 3 is 2.15 bits per heavy atom. The van der Waals surface area contributed by atoms with Crippen molar-refractivity contribution < 1.29 is 36.2 Å². The lowest BCUT2D eigenvalue weighted by Crippen LogP contribution is -2.26. The van der Waals surface area contributed by atoms with Crippen molar-refractivity contribution in [3.8, 4) is 11.4 Å². The normalized spacial score (nSPS) is 12.9. The highest BCUT2D eigenvalue weighted by Crippen LogP contribution is 2.38. The molecule has 5 nitrogen and oxygen atoms in total. The summed E-state index contributed by atoms with van der Waals surface area (Å²) in [6, 6.07) is 8.32. The summed E-state index contributed by atoms with van der Waals surface area (Å²) in [6.07, 6.45) is -9.27. The van der Waals surface area contributed by atoms with Crippen LogP contribution in [0.3, 0.4) is 0 Å². The lowest BCUT2D eigenvalue weighted by Gasteiger charge is -2.25. The maximum absolute atomic E-state index is 13.4. The molecule has 0 radical (unpaired) electrons. The van der Waals surface area contributed by atoms with Crippen LogP contribution in [0, 0.1) is 0 Å². The van der Waals surface area contributed by atoms with Crippen LogP contribution >= 0.6 is 0 Å². The van der Waals surface area contributed by atoms with Gasteiger partial charge in [-0.1, -0.05) is 30.3 Å². The molecule has 0 aliphatic heterocycles. The molecular weight excluding hydrogens is 452 g/mol. The third-order valence-electron chi connectivity index (χ3n) is 5.14. The third kappa shape index (κ3) is 5.19. The van der Waals surface area contributed by atoms with E-state index in [1.165, 1.54) is 55.8 Å². The fourth-order valence-electron chi connectivity index (χ4n) is 3.45. The number of alkyl halides is 6. The number of rotatable bonds is 6. The van der Waals surface area contributed by atoms with E-state index in [4.69, 9.17) is 9.84 Å². The second kappa shape index (κ2) is 8.79. The SMILES string of the molecule is Cn1c(-c2ccccc2C(F)(F)F)nnc1C(C)(C)OCc1ccc(CO)cc1C(F)(F)F. The van der Waals surface area contributed by atoms with Crippen molar-refractivity contribution in [2.45, 2.75) is 45.0 Å². The fraction of sp³-hybridized carbons (Fsp3) is 0.364. The molecule has 1 aromatic heterocycles. The van der Waals surface area contributed by atoms with Crippen molar-refractivity contribution in [3.05, 3.63) is 70.5 Å². The number of aromatic nitrogens is 3. The molecule has 0 fully saturated rings. The second-order valence-electron chi connectivity index (χ2n) is 7.90. The minimum atomic E-state index is -4.66. The largest absolute Gasteiger partial charge is 0.417 e. The Balaban J connectivity index is 1.92. The van der Waals surface area contributed by atoms with Gasteiger partial charge in [-0.15, -0.1) is 10.2 Å². The molecule has 0 unspecified atom stereocenters. The molecule has 0 saturated carbocycles. The van der Waals surface area contributed by atoms with Crippen molar-refractivity contribution in [1.82, 2.24) is 14.8 Å². The van der Waals surface area contributed by atoms with Gasteiger partial charge in [0.25, 0.3) is 0 Å². The predicted molar refractivity (Wildman–Crippen MR) is 107 cm³/mol. The summed E-state index contributed by atoms with van der Waals surface area (Å²) in [5, 5.41) is 17.0. The van der Waals surface area contributed by atoms with E-state index in [-0.39, 0.29) is 28.3 Å². The van der Waals surface area contributed by atoms with Gasteiger partial charge in [0.1, 0.15) is 5.60 Å². The molecule has 0 amide bonds. The highest BCUT2D eigenvalue weighted by atomic mass is 19.4. The van der Waals surface area contributed by atoms with E-state index >= 15 is 0 Å². The molecule has 11 heteroatoms. The van der Waals surface area contributed by atoms with Crippen LogP contribution in [0.25, 0.3) is 11.4 Å². The van der Waals surface area contributed by atoms with Gasteiger partial charge in [-0.05, 0) is 37.1 Å². The fourth-order valence-corrected chi connectivity index (χ4v) is 3.45. The molecule has 3 aromatic rings. The Morgan fingerprint density at radius 2 is 1.55 bits per heavy atom. The molecule has 0 saturated heterocycles.